The Balaban J connectivity index is 1.58. The van der Waals surface area contributed by atoms with Gasteiger partial charge in [0.1, 0.15) is 4.88 Å². The second-order valence-corrected chi connectivity index (χ2v) is 5.25. The molecule has 9 heteroatoms. The first-order valence-corrected chi connectivity index (χ1v) is 7.35. The van der Waals surface area contributed by atoms with Crippen LogP contribution in [0.5, 0.6) is 0 Å². The fourth-order valence-corrected chi connectivity index (χ4v) is 2.46. The summed E-state index contributed by atoms with van der Waals surface area (Å²) in [7, 11) is 0. The van der Waals surface area contributed by atoms with Crippen LogP contribution < -0.4 is 5.32 Å². The number of carbonyl (C=O) groups is 3. The lowest BCUT2D eigenvalue weighted by molar-refractivity contribution is -0.139. The normalized spacial score (nSPS) is 14.8. The van der Waals surface area contributed by atoms with Crippen LogP contribution in [0.4, 0.5) is 0 Å². The van der Waals surface area contributed by atoms with Crippen LogP contribution in [-0.4, -0.2) is 58.5 Å². The van der Waals surface area contributed by atoms with E-state index >= 15 is 0 Å². The lowest BCUT2D eigenvalue weighted by Crippen LogP contribution is -2.33. The van der Waals surface area contributed by atoms with Gasteiger partial charge < -0.3 is 10.1 Å². The van der Waals surface area contributed by atoms with Crippen molar-refractivity contribution in [2.45, 2.75) is 19.8 Å². The summed E-state index contributed by atoms with van der Waals surface area (Å²) in [5.74, 6) is -0.522. The molecule has 0 aliphatic carbocycles. The molecule has 8 nitrogen and oxygen atoms in total. The lowest BCUT2D eigenvalue weighted by atomic mass is 10.4. The minimum atomic E-state index is -0.226. The molecule has 0 radical (unpaired) electrons. The van der Waals surface area contributed by atoms with Crippen LogP contribution in [0, 0.1) is 6.92 Å². The van der Waals surface area contributed by atoms with Crippen LogP contribution in [0.2, 0.25) is 0 Å². The molecule has 0 spiro atoms. The molecule has 2 heterocycles. The van der Waals surface area contributed by atoms with E-state index in [2.05, 4.69) is 14.9 Å². The molecule has 1 aliphatic heterocycles. The van der Waals surface area contributed by atoms with Crippen molar-refractivity contribution in [2.24, 2.45) is 0 Å². The van der Waals surface area contributed by atoms with Gasteiger partial charge in [0, 0.05) is 19.4 Å². The van der Waals surface area contributed by atoms with Gasteiger partial charge in [-0.2, -0.15) is 0 Å². The van der Waals surface area contributed by atoms with E-state index in [1.165, 1.54) is 4.90 Å². The Morgan fingerprint density at radius 1 is 1.33 bits per heavy atom. The first-order valence-electron chi connectivity index (χ1n) is 6.57. The smallest absolute Gasteiger partial charge is 0.265 e. The van der Waals surface area contributed by atoms with Crippen molar-refractivity contribution in [2.75, 3.05) is 26.3 Å². The van der Waals surface area contributed by atoms with E-state index in [0.717, 1.165) is 11.5 Å². The van der Waals surface area contributed by atoms with E-state index in [9.17, 15) is 14.4 Å². The number of hydrogen-bond acceptors (Lipinski definition) is 7. The monoisotopic (exact) mass is 312 g/mol. The molecule has 0 saturated carbocycles. The molecule has 3 amide bonds. The highest BCUT2D eigenvalue weighted by atomic mass is 32.1. The summed E-state index contributed by atoms with van der Waals surface area (Å²) in [4.78, 5) is 36.1. The third kappa shape index (κ3) is 4.05. The Morgan fingerprint density at radius 3 is 2.67 bits per heavy atom. The van der Waals surface area contributed by atoms with Crippen molar-refractivity contribution in [3.05, 3.63) is 10.6 Å². The molecule has 1 fully saturated rings. The number of amides is 3. The van der Waals surface area contributed by atoms with Crippen LogP contribution in [0.1, 0.15) is 28.2 Å². The fraction of sp³-hybridized carbons (Fsp3) is 0.583. The van der Waals surface area contributed by atoms with E-state index in [4.69, 9.17) is 4.74 Å². The third-order valence-corrected chi connectivity index (χ3v) is 3.83. The minimum Gasteiger partial charge on any atom is -0.378 e. The number of hydrogen-bond donors (Lipinski definition) is 1. The van der Waals surface area contributed by atoms with E-state index in [-0.39, 0.29) is 43.7 Å². The van der Waals surface area contributed by atoms with E-state index in [0.29, 0.717) is 23.7 Å². The number of ether oxygens (including phenoxy) is 1. The topological polar surface area (TPSA) is 101 Å². The van der Waals surface area contributed by atoms with Crippen molar-refractivity contribution in [3.8, 4) is 0 Å². The predicted molar refractivity (Wildman–Crippen MR) is 73.8 cm³/mol. The summed E-state index contributed by atoms with van der Waals surface area (Å²) in [5, 5.41) is 6.45. The maximum Gasteiger partial charge on any atom is 0.265 e. The van der Waals surface area contributed by atoms with Crippen LogP contribution in [-0.2, 0) is 14.3 Å². The summed E-state index contributed by atoms with van der Waals surface area (Å²) >= 11 is 1.05. The van der Waals surface area contributed by atoms with Gasteiger partial charge in [-0.25, -0.2) is 0 Å². The summed E-state index contributed by atoms with van der Waals surface area (Å²) in [6, 6.07) is 0. The fourth-order valence-electron chi connectivity index (χ4n) is 1.89. The summed E-state index contributed by atoms with van der Waals surface area (Å²) < 4.78 is 8.99. The third-order valence-electron chi connectivity index (χ3n) is 3.00. The predicted octanol–water partition coefficient (Wildman–Crippen LogP) is -0.258. The molecule has 0 unspecified atom stereocenters. The number of nitrogens with zero attached hydrogens (tertiary/aromatic N) is 3. The van der Waals surface area contributed by atoms with Crippen LogP contribution in [0.15, 0.2) is 0 Å². The second kappa shape index (κ2) is 7.23. The molecule has 0 atom stereocenters. The van der Waals surface area contributed by atoms with Crippen LogP contribution in [0.3, 0.4) is 0 Å². The molecular weight excluding hydrogens is 296 g/mol. The van der Waals surface area contributed by atoms with Crippen LogP contribution in [0.25, 0.3) is 0 Å². The first-order chi connectivity index (χ1) is 10.1. The molecule has 2 rings (SSSR count). The van der Waals surface area contributed by atoms with Gasteiger partial charge in [-0.1, -0.05) is 4.49 Å². The maximum absolute atomic E-state index is 11.7. The van der Waals surface area contributed by atoms with Crippen molar-refractivity contribution in [3.63, 3.8) is 0 Å². The van der Waals surface area contributed by atoms with Crippen molar-refractivity contribution in [1.82, 2.24) is 19.8 Å². The van der Waals surface area contributed by atoms with Gasteiger partial charge in [0.05, 0.1) is 25.5 Å². The van der Waals surface area contributed by atoms with Gasteiger partial charge >= 0.3 is 0 Å². The van der Waals surface area contributed by atoms with Crippen molar-refractivity contribution < 1.29 is 19.1 Å². The molecule has 1 N–H and O–H groups in total. The SMILES string of the molecule is Cc1nnsc1C(=O)NCCOCCN1C(=O)CCC1=O. The van der Waals surface area contributed by atoms with Crippen LogP contribution >= 0.6 is 11.5 Å². The zero-order chi connectivity index (χ0) is 15.2. The molecule has 1 saturated heterocycles. The standard InChI is InChI=1S/C12H16N4O4S/c1-8-11(21-15-14-8)12(19)13-4-6-20-7-5-16-9(17)2-3-10(16)18/h2-7H2,1H3,(H,13,19). The Morgan fingerprint density at radius 2 is 2.05 bits per heavy atom. The van der Waals surface area contributed by atoms with E-state index in [1.54, 1.807) is 6.92 Å². The van der Waals surface area contributed by atoms with Gasteiger partial charge in [-0.05, 0) is 18.5 Å². The highest BCUT2D eigenvalue weighted by molar-refractivity contribution is 7.07. The zero-order valence-electron chi connectivity index (χ0n) is 11.6. The molecule has 1 aliphatic rings. The van der Waals surface area contributed by atoms with Gasteiger partial charge in [0.2, 0.25) is 11.8 Å². The van der Waals surface area contributed by atoms with E-state index < -0.39 is 0 Å². The average molecular weight is 312 g/mol. The van der Waals surface area contributed by atoms with Gasteiger partial charge in [0.25, 0.3) is 5.91 Å². The lowest BCUT2D eigenvalue weighted by Gasteiger charge is -2.13. The molecule has 114 valence electrons. The Labute approximate surface area is 125 Å². The molecule has 0 bridgehead atoms. The van der Waals surface area contributed by atoms with Gasteiger partial charge in [-0.3, -0.25) is 19.3 Å². The molecule has 1 aromatic rings. The quantitative estimate of drug-likeness (QED) is 0.550. The number of aromatic nitrogens is 2. The Bertz CT molecular complexity index is 529. The number of aryl methyl sites for hydroxylation is 1. The number of rotatable bonds is 7. The Kier molecular flexibility index (Phi) is 5.34. The molecule has 1 aromatic heterocycles. The van der Waals surface area contributed by atoms with Crippen molar-refractivity contribution >= 4 is 29.3 Å². The van der Waals surface area contributed by atoms with Gasteiger partial charge in [-0.15, -0.1) is 5.10 Å². The van der Waals surface area contributed by atoms with Gasteiger partial charge in [0.15, 0.2) is 0 Å². The maximum atomic E-state index is 11.7. The number of carbonyl (C=O) groups excluding carboxylic acids is 3. The second-order valence-electron chi connectivity index (χ2n) is 4.49. The molecular formula is C12H16N4O4S. The highest BCUT2D eigenvalue weighted by Crippen LogP contribution is 2.10. The number of likely N-dealkylation sites (tertiary alicyclic amines) is 1. The highest BCUT2D eigenvalue weighted by Gasteiger charge is 2.28. The zero-order valence-corrected chi connectivity index (χ0v) is 12.4. The molecule has 0 aromatic carbocycles. The Hall–Kier alpha value is -1.87. The number of imide groups is 1. The van der Waals surface area contributed by atoms with Crippen molar-refractivity contribution in [1.29, 1.82) is 0 Å². The molecule has 21 heavy (non-hydrogen) atoms. The largest absolute Gasteiger partial charge is 0.378 e. The number of nitrogens with one attached hydrogen (secondary N) is 1. The van der Waals surface area contributed by atoms with E-state index in [1.807, 2.05) is 0 Å². The summed E-state index contributed by atoms with van der Waals surface area (Å²) in [6.45, 7) is 2.92. The average Bonchev–Trinajstić information content (AvgIpc) is 3.01. The minimum absolute atomic E-state index is 0.148. The summed E-state index contributed by atoms with van der Waals surface area (Å²) in [6.07, 6.45) is 0.578. The first kappa shape index (κ1) is 15.5. The summed E-state index contributed by atoms with van der Waals surface area (Å²) in [5.41, 5.74) is 0.601.